The zero-order valence-corrected chi connectivity index (χ0v) is 9.26. The molecule has 0 unspecified atom stereocenters. The van der Waals surface area contributed by atoms with Gasteiger partial charge in [-0.3, -0.25) is 4.39 Å². The number of alkyl halides is 1. The van der Waals surface area contributed by atoms with Crippen LogP contribution in [0.4, 0.5) is 8.78 Å². The summed E-state index contributed by atoms with van der Waals surface area (Å²) in [4.78, 5) is -0.419. The maximum atomic E-state index is 13.2. The maximum absolute atomic E-state index is 13.2. The SMILES string of the molecule is CF.O=S1(=O)OCOCc2cccc(F)c21. The Hall–Kier alpha value is -1.05. The lowest BCUT2D eigenvalue weighted by molar-refractivity contribution is 0.0140. The van der Waals surface area contributed by atoms with Crippen molar-refractivity contribution in [3.05, 3.63) is 29.6 Å². The molecule has 2 rings (SSSR count). The van der Waals surface area contributed by atoms with E-state index in [2.05, 4.69) is 4.18 Å². The van der Waals surface area contributed by atoms with Gasteiger partial charge in [-0.25, -0.2) is 8.57 Å². The topological polar surface area (TPSA) is 52.6 Å². The highest BCUT2D eigenvalue weighted by molar-refractivity contribution is 7.86. The Morgan fingerprint density at radius 3 is 2.69 bits per heavy atom. The molecule has 1 aliphatic heterocycles. The minimum atomic E-state index is -4.01. The number of hydrogen-bond donors (Lipinski definition) is 0. The van der Waals surface area contributed by atoms with Crippen LogP contribution in [0.3, 0.4) is 0 Å². The van der Waals surface area contributed by atoms with Crippen LogP contribution in [-0.2, 0) is 25.6 Å². The lowest BCUT2D eigenvalue weighted by Gasteiger charge is -2.04. The first-order chi connectivity index (χ1) is 7.61. The second-order valence-electron chi connectivity index (χ2n) is 2.77. The van der Waals surface area contributed by atoms with Crippen LogP contribution in [0.25, 0.3) is 0 Å². The van der Waals surface area contributed by atoms with Gasteiger partial charge in [0.15, 0.2) is 6.79 Å². The smallest absolute Gasteiger partial charge is 0.302 e. The molecule has 16 heavy (non-hydrogen) atoms. The lowest BCUT2D eigenvalue weighted by Crippen LogP contribution is -2.08. The number of hydrogen-bond acceptors (Lipinski definition) is 4. The van der Waals surface area contributed by atoms with Crippen molar-refractivity contribution in [1.82, 2.24) is 0 Å². The fraction of sp³-hybridized carbons (Fsp3) is 0.333. The first-order valence-corrected chi connectivity index (χ1v) is 5.64. The number of benzene rings is 1. The Bertz CT molecular complexity index is 459. The second-order valence-corrected chi connectivity index (χ2v) is 4.32. The van der Waals surface area contributed by atoms with Gasteiger partial charge in [-0.2, -0.15) is 8.42 Å². The van der Waals surface area contributed by atoms with E-state index in [9.17, 15) is 17.2 Å². The summed E-state index contributed by atoms with van der Waals surface area (Å²) < 4.78 is 54.7. The molecule has 1 heterocycles. The van der Waals surface area contributed by atoms with Crippen molar-refractivity contribution < 1.29 is 26.1 Å². The van der Waals surface area contributed by atoms with Crippen LogP contribution in [0.2, 0.25) is 0 Å². The molecule has 0 spiro atoms. The Balaban J connectivity index is 0.000000606. The van der Waals surface area contributed by atoms with Crippen LogP contribution in [0, 0.1) is 5.82 Å². The molecule has 0 aromatic heterocycles. The third-order valence-corrected chi connectivity index (χ3v) is 3.21. The molecule has 1 aromatic carbocycles. The zero-order chi connectivity index (χ0) is 12.2. The van der Waals surface area contributed by atoms with Crippen LogP contribution in [0.15, 0.2) is 23.1 Å². The van der Waals surface area contributed by atoms with Gasteiger partial charge in [-0.05, 0) is 6.07 Å². The predicted molar refractivity (Wildman–Crippen MR) is 51.4 cm³/mol. The minimum Gasteiger partial charge on any atom is -0.349 e. The van der Waals surface area contributed by atoms with Crippen molar-refractivity contribution in [2.75, 3.05) is 14.0 Å². The molecule has 0 saturated carbocycles. The Morgan fingerprint density at radius 1 is 1.31 bits per heavy atom. The Morgan fingerprint density at radius 2 is 2.00 bits per heavy atom. The standard InChI is InChI=1S/C8H7FO4S.CH3F/c9-7-3-1-2-6-4-12-5-13-14(10,11)8(6)7;1-2/h1-3H,4-5H2;1H3. The molecule has 1 aromatic rings. The van der Waals surface area contributed by atoms with E-state index in [-0.39, 0.29) is 19.0 Å². The van der Waals surface area contributed by atoms with Crippen LogP contribution >= 0.6 is 0 Å². The second kappa shape index (κ2) is 5.33. The van der Waals surface area contributed by atoms with E-state index in [4.69, 9.17) is 4.74 Å². The van der Waals surface area contributed by atoms with Gasteiger partial charge >= 0.3 is 10.1 Å². The fourth-order valence-corrected chi connectivity index (χ4v) is 2.32. The molecule has 0 atom stereocenters. The normalized spacial score (nSPS) is 17.7. The molecule has 0 fully saturated rings. The first-order valence-electron chi connectivity index (χ1n) is 4.23. The Kier molecular flexibility index (Phi) is 4.34. The van der Waals surface area contributed by atoms with Gasteiger partial charge in [-0.15, -0.1) is 0 Å². The first kappa shape index (κ1) is 13.0. The van der Waals surface area contributed by atoms with Gasteiger partial charge in [0.05, 0.1) is 13.8 Å². The largest absolute Gasteiger partial charge is 0.349 e. The van der Waals surface area contributed by atoms with Crippen molar-refractivity contribution in [3.63, 3.8) is 0 Å². The quantitative estimate of drug-likeness (QED) is 0.658. The number of fused-ring (bicyclic) bond motifs is 1. The highest BCUT2D eigenvalue weighted by atomic mass is 32.2. The molecule has 0 amide bonds. The van der Waals surface area contributed by atoms with Crippen molar-refractivity contribution in [2.45, 2.75) is 11.5 Å². The summed E-state index contributed by atoms with van der Waals surface area (Å²) in [5.41, 5.74) is 0.280. The average molecular weight is 252 g/mol. The van der Waals surface area contributed by atoms with E-state index in [1.54, 1.807) is 0 Å². The van der Waals surface area contributed by atoms with Gasteiger partial charge in [-0.1, -0.05) is 12.1 Å². The summed E-state index contributed by atoms with van der Waals surface area (Å²) in [5.74, 6) is -0.812. The molecule has 90 valence electrons. The third-order valence-electron chi connectivity index (χ3n) is 1.84. The molecular weight excluding hydrogens is 242 g/mol. The van der Waals surface area contributed by atoms with Crippen molar-refractivity contribution >= 4 is 10.1 Å². The molecule has 0 N–H and O–H groups in total. The predicted octanol–water partition coefficient (Wildman–Crippen LogP) is 1.60. The molecule has 0 bridgehead atoms. The molecule has 0 saturated heterocycles. The average Bonchev–Trinajstić information content (AvgIpc) is 2.41. The summed E-state index contributed by atoms with van der Waals surface area (Å²) in [6.45, 7) is -0.344. The highest BCUT2D eigenvalue weighted by Gasteiger charge is 2.26. The zero-order valence-electron chi connectivity index (χ0n) is 8.44. The summed E-state index contributed by atoms with van der Waals surface area (Å²) in [6, 6.07) is 3.99. The van der Waals surface area contributed by atoms with Crippen molar-refractivity contribution in [3.8, 4) is 0 Å². The van der Waals surface area contributed by atoms with Gasteiger partial charge in [0.2, 0.25) is 0 Å². The van der Waals surface area contributed by atoms with Gasteiger partial charge < -0.3 is 4.74 Å². The van der Waals surface area contributed by atoms with Gasteiger partial charge in [0, 0.05) is 5.56 Å². The molecule has 4 nitrogen and oxygen atoms in total. The van der Waals surface area contributed by atoms with E-state index >= 15 is 0 Å². The summed E-state index contributed by atoms with van der Waals surface area (Å²) in [5, 5.41) is 0. The van der Waals surface area contributed by atoms with Gasteiger partial charge in [0.1, 0.15) is 10.7 Å². The third kappa shape index (κ3) is 2.55. The van der Waals surface area contributed by atoms with E-state index < -0.39 is 20.8 Å². The van der Waals surface area contributed by atoms with E-state index in [1.165, 1.54) is 12.1 Å². The number of rotatable bonds is 0. The molecular formula is C9H10F2O4S. The van der Waals surface area contributed by atoms with Crippen LogP contribution in [0.5, 0.6) is 0 Å². The van der Waals surface area contributed by atoms with Crippen molar-refractivity contribution in [2.24, 2.45) is 0 Å². The maximum Gasteiger partial charge on any atom is 0.302 e. The summed E-state index contributed by atoms with van der Waals surface area (Å²) in [6.07, 6.45) is 0. The monoisotopic (exact) mass is 252 g/mol. The van der Waals surface area contributed by atoms with Crippen LogP contribution < -0.4 is 0 Å². The van der Waals surface area contributed by atoms with Crippen LogP contribution in [0.1, 0.15) is 5.56 Å². The molecule has 1 aliphatic rings. The minimum absolute atomic E-state index is 0.0341. The fourth-order valence-electron chi connectivity index (χ4n) is 1.26. The molecule has 0 aliphatic carbocycles. The highest BCUT2D eigenvalue weighted by Crippen LogP contribution is 2.24. The lowest BCUT2D eigenvalue weighted by atomic mass is 10.2. The molecule has 7 heteroatoms. The van der Waals surface area contributed by atoms with Crippen molar-refractivity contribution in [1.29, 1.82) is 0 Å². The number of ether oxygens (including phenoxy) is 1. The van der Waals surface area contributed by atoms with Crippen LogP contribution in [-0.4, -0.2) is 22.4 Å². The van der Waals surface area contributed by atoms with E-state index in [0.29, 0.717) is 7.18 Å². The van der Waals surface area contributed by atoms with E-state index in [0.717, 1.165) is 6.07 Å². The van der Waals surface area contributed by atoms with E-state index in [1.807, 2.05) is 0 Å². The Labute approximate surface area is 91.9 Å². The summed E-state index contributed by atoms with van der Waals surface area (Å²) in [7, 11) is -3.51. The summed E-state index contributed by atoms with van der Waals surface area (Å²) >= 11 is 0. The molecule has 0 radical (unpaired) electrons. The number of halogens is 2. The van der Waals surface area contributed by atoms with Gasteiger partial charge in [0.25, 0.3) is 0 Å².